The first-order valence-electron chi connectivity index (χ1n) is 7.83. The van der Waals surface area contributed by atoms with E-state index in [0.29, 0.717) is 16.3 Å². The van der Waals surface area contributed by atoms with E-state index in [4.69, 9.17) is 21.1 Å². The third-order valence-electron chi connectivity index (χ3n) is 3.62. The van der Waals surface area contributed by atoms with Crippen LogP contribution in [0.5, 0.6) is 5.75 Å². The second-order valence-corrected chi connectivity index (χ2v) is 5.84. The van der Waals surface area contributed by atoms with E-state index < -0.39 is 12.1 Å². The van der Waals surface area contributed by atoms with Crippen molar-refractivity contribution >= 4 is 23.5 Å². The molecule has 0 heterocycles. The quantitative estimate of drug-likeness (QED) is 0.769. The van der Waals surface area contributed by atoms with Gasteiger partial charge in [-0.25, -0.2) is 0 Å². The lowest BCUT2D eigenvalue weighted by Crippen LogP contribution is -2.35. The molecule has 0 aromatic heterocycles. The number of esters is 1. The van der Waals surface area contributed by atoms with Gasteiger partial charge in [-0.15, -0.1) is 0 Å². The van der Waals surface area contributed by atoms with Crippen molar-refractivity contribution in [3.63, 3.8) is 0 Å². The molecule has 0 aliphatic heterocycles. The van der Waals surface area contributed by atoms with E-state index in [-0.39, 0.29) is 18.9 Å². The molecule has 25 heavy (non-hydrogen) atoms. The molecule has 0 aliphatic carbocycles. The number of para-hydroxylation sites is 1. The van der Waals surface area contributed by atoms with Crippen LogP contribution in [0.15, 0.2) is 48.5 Å². The number of ether oxygens (including phenoxy) is 2. The van der Waals surface area contributed by atoms with Crippen molar-refractivity contribution in [1.29, 1.82) is 0 Å². The summed E-state index contributed by atoms with van der Waals surface area (Å²) in [5, 5.41) is 3.23. The smallest absolute Gasteiger partial charge is 0.311 e. The molecule has 2 aromatic rings. The summed E-state index contributed by atoms with van der Waals surface area (Å²) in [4.78, 5) is 24.1. The first kappa shape index (κ1) is 18.8. The van der Waals surface area contributed by atoms with Crippen LogP contribution < -0.4 is 10.1 Å². The Morgan fingerprint density at radius 3 is 2.40 bits per heavy atom. The summed E-state index contributed by atoms with van der Waals surface area (Å²) in [5.41, 5.74) is 1.50. The molecule has 0 fully saturated rings. The van der Waals surface area contributed by atoms with Crippen molar-refractivity contribution in [1.82, 2.24) is 5.32 Å². The predicted molar refractivity (Wildman–Crippen MR) is 95.6 cm³/mol. The predicted octanol–water partition coefficient (Wildman–Crippen LogP) is 3.14. The molecule has 0 aliphatic rings. The lowest BCUT2D eigenvalue weighted by Gasteiger charge is -2.15. The molecule has 6 heteroatoms. The van der Waals surface area contributed by atoms with Gasteiger partial charge in [-0.05, 0) is 24.6 Å². The minimum absolute atomic E-state index is 0.0177. The van der Waals surface area contributed by atoms with Crippen LogP contribution >= 0.6 is 11.6 Å². The number of carbonyl (C=O) groups excluding carboxylic acids is 2. The van der Waals surface area contributed by atoms with Gasteiger partial charge in [0.2, 0.25) is 0 Å². The topological polar surface area (TPSA) is 64.6 Å². The molecule has 0 bridgehead atoms. The summed E-state index contributed by atoms with van der Waals surface area (Å²) in [6.45, 7) is 1.82. The minimum atomic E-state index is -0.898. The van der Waals surface area contributed by atoms with Crippen LogP contribution in [0.25, 0.3) is 0 Å². The van der Waals surface area contributed by atoms with Gasteiger partial charge in [0.25, 0.3) is 5.91 Å². The van der Waals surface area contributed by atoms with E-state index in [9.17, 15) is 9.59 Å². The number of amides is 1. The Morgan fingerprint density at radius 1 is 1.08 bits per heavy atom. The summed E-state index contributed by atoms with van der Waals surface area (Å²) in [6, 6.07) is 14.4. The molecule has 1 amide bonds. The fraction of sp³-hybridized carbons (Fsp3) is 0.263. The maximum absolute atomic E-state index is 12.1. The Balaban J connectivity index is 1.85. The van der Waals surface area contributed by atoms with Crippen molar-refractivity contribution in [2.75, 3.05) is 7.11 Å². The van der Waals surface area contributed by atoms with Gasteiger partial charge in [-0.3, -0.25) is 9.59 Å². The molecular formula is C19H20ClNO4. The number of hydrogen-bond acceptors (Lipinski definition) is 4. The summed E-state index contributed by atoms with van der Waals surface area (Å²) in [7, 11) is 1.57. The Kier molecular flexibility index (Phi) is 6.83. The van der Waals surface area contributed by atoms with Crippen molar-refractivity contribution in [2.24, 2.45) is 0 Å². The van der Waals surface area contributed by atoms with Gasteiger partial charge in [0.05, 0.1) is 13.5 Å². The van der Waals surface area contributed by atoms with Gasteiger partial charge >= 0.3 is 5.97 Å². The Hall–Kier alpha value is -2.53. The van der Waals surface area contributed by atoms with Gasteiger partial charge < -0.3 is 14.8 Å². The summed E-state index contributed by atoms with van der Waals surface area (Å²) in [5.74, 6) is -0.197. The molecule has 1 atom stereocenters. The monoisotopic (exact) mass is 361 g/mol. The fourth-order valence-electron chi connectivity index (χ4n) is 2.26. The third-order valence-corrected chi connectivity index (χ3v) is 3.98. The van der Waals surface area contributed by atoms with E-state index in [0.717, 1.165) is 5.56 Å². The fourth-order valence-corrected chi connectivity index (χ4v) is 2.47. The van der Waals surface area contributed by atoms with Crippen LogP contribution in [0.4, 0.5) is 0 Å². The van der Waals surface area contributed by atoms with Crippen LogP contribution in [-0.2, 0) is 27.3 Å². The van der Waals surface area contributed by atoms with Crippen LogP contribution in [-0.4, -0.2) is 25.1 Å². The number of nitrogens with one attached hydrogen (secondary N) is 1. The SMILES string of the molecule is COc1ccccc1CNC(=O)[C@@H](C)OC(=O)Cc1ccccc1Cl. The number of methoxy groups -OCH3 is 1. The molecule has 0 unspecified atom stereocenters. The van der Waals surface area contributed by atoms with Crippen molar-refractivity contribution < 1.29 is 19.1 Å². The van der Waals surface area contributed by atoms with Gasteiger partial charge in [0.1, 0.15) is 5.75 Å². The molecule has 132 valence electrons. The van der Waals surface area contributed by atoms with E-state index in [1.165, 1.54) is 6.92 Å². The normalized spacial score (nSPS) is 11.5. The molecule has 0 radical (unpaired) electrons. The molecule has 2 aromatic carbocycles. The molecule has 0 saturated carbocycles. The number of rotatable bonds is 7. The standard InChI is InChI=1S/C19H20ClNO4/c1-13(25-18(22)11-14-7-3-5-9-16(14)20)19(23)21-12-15-8-4-6-10-17(15)24-2/h3-10,13H,11-12H2,1-2H3,(H,21,23)/t13-/m1/s1. The van der Waals surface area contributed by atoms with E-state index in [2.05, 4.69) is 5.32 Å². The Morgan fingerprint density at radius 2 is 1.72 bits per heavy atom. The molecule has 5 nitrogen and oxygen atoms in total. The summed E-state index contributed by atoms with van der Waals surface area (Å²) >= 11 is 6.01. The molecule has 0 saturated heterocycles. The molecule has 2 rings (SSSR count). The van der Waals surface area contributed by atoms with Crippen LogP contribution in [0, 0.1) is 0 Å². The average Bonchev–Trinajstić information content (AvgIpc) is 2.61. The summed E-state index contributed by atoms with van der Waals surface area (Å²) in [6.07, 6.45) is -0.881. The second-order valence-electron chi connectivity index (χ2n) is 5.43. The number of benzene rings is 2. The van der Waals surface area contributed by atoms with E-state index in [1.807, 2.05) is 24.3 Å². The van der Waals surface area contributed by atoms with Crippen molar-refractivity contribution in [3.8, 4) is 5.75 Å². The van der Waals surface area contributed by atoms with Crippen molar-refractivity contribution in [2.45, 2.75) is 26.0 Å². The lowest BCUT2D eigenvalue weighted by molar-refractivity contribution is -0.154. The van der Waals surface area contributed by atoms with Crippen molar-refractivity contribution in [3.05, 3.63) is 64.7 Å². The Labute approximate surface area is 151 Å². The van der Waals surface area contributed by atoms with Crippen LogP contribution in [0.1, 0.15) is 18.1 Å². The zero-order chi connectivity index (χ0) is 18.2. The second kappa shape index (κ2) is 9.08. The van der Waals surface area contributed by atoms with Crippen LogP contribution in [0.2, 0.25) is 5.02 Å². The summed E-state index contributed by atoms with van der Waals surface area (Å²) < 4.78 is 10.4. The van der Waals surface area contributed by atoms with Gasteiger partial charge in [-0.1, -0.05) is 48.0 Å². The molecule has 1 N–H and O–H groups in total. The highest BCUT2D eigenvalue weighted by Crippen LogP contribution is 2.17. The lowest BCUT2D eigenvalue weighted by atomic mass is 10.1. The largest absolute Gasteiger partial charge is 0.496 e. The first-order chi connectivity index (χ1) is 12.0. The maximum atomic E-state index is 12.1. The first-order valence-corrected chi connectivity index (χ1v) is 8.21. The van der Waals surface area contributed by atoms with Gasteiger partial charge in [0, 0.05) is 17.1 Å². The maximum Gasteiger partial charge on any atom is 0.311 e. The zero-order valence-electron chi connectivity index (χ0n) is 14.1. The number of halogens is 1. The highest BCUT2D eigenvalue weighted by atomic mass is 35.5. The highest BCUT2D eigenvalue weighted by molar-refractivity contribution is 6.31. The van der Waals surface area contributed by atoms with E-state index >= 15 is 0 Å². The Bertz CT molecular complexity index is 748. The highest BCUT2D eigenvalue weighted by Gasteiger charge is 2.18. The third kappa shape index (κ3) is 5.50. The number of carbonyl (C=O) groups is 2. The molecule has 0 spiro atoms. The number of hydrogen-bond donors (Lipinski definition) is 1. The molecular weight excluding hydrogens is 342 g/mol. The van der Waals surface area contributed by atoms with Gasteiger partial charge in [0.15, 0.2) is 6.10 Å². The van der Waals surface area contributed by atoms with Gasteiger partial charge in [-0.2, -0.15) is 0 Å². The minimum Gasteiger partial charge on any atom is -0.496 e. The zero-order valence-corrected chi connectivity index (χ0v) is 14.9. The van der Waals surface area contributed by atoms with Crippen LogP contribution in [0.3, 0.4) is 0 Å². The average molecular weight is 362 g/mol. The van der Waals surface area contributed by atoms with E-state index in [1.54, 1.807) is 31.4 Å².